The number of carbonyl (C=O) groups excluding carboxylic acids is 1. The fourth-order valence-electron chi connectivity index (χ4n) is 2.13. The van der Waals surface area contributed by atoms with Crippen molar-refractivity contribution in [2.24, 2.45) is 0 Å². The Bertz CT molecular complexity index is 691. The number of halogens is 1. The van der Waals surface area contributed by atoms with Crippen molar-refractivity contribution in [3.05, 3.63) is 58.4 Å². The first-order valence-electron chi connectivity index (χ1n) is 6.87. The van der Waals surface area contributed by atoms with E-state index in [1.807, 2.05) is 18.2 Å². The number of rotatable bonds is 6. The van der Waals surface area contributed by atoms with Crippen molar-refractivity contribution in [1.82, 2.24) is 9.88 Å². The Labute approximate surface area is 133 Å². The second kappa shape index (κ2) is 7.64. The third-order valence-electron chi connectivity index (χ3n) is 3.19. The highest BCUT2D eigenvalue weighted by molar-refractivity contribution is 6.30. The Morgan fingerprint density at radius 3 is 2.86 bits per heavy atom. The van der Waals surface area contributed by atoms with Crippen LogP contribution in [0.3, 0.4) is 0 Å². The standard InChI is InChI=1S/C16H16ClN3O2/c17-14-4-1-3-12(7-14)11-20(5-2-6-21)16(22)13-8-15(9-18)19-10-13/h1,3-4,7-8,10,19,21H,2,5-6,11H2. The van der Waals surface area contributed by atoms with Crippen LogP contribution in [-0.4, -0.2) is 34.0 Å². The smallest absolute Gasteiger partial charge is 0.255 e. The highest BCUT2D eigenvalue weighted by Gasteiger charge is 2.17. The summed E-state index contributed by atoms with van der Waals surface area (Å²) in [5.74, 6) is -0.189. The molecule has 1 heterocycles. The van der Waals surface area contributed by atoms with Crippen LogP contribution in [-0.2, 0) is 6.54 Å². The number of nitriles is 1. The van der Waals surface area contributed by atoms with E-state index in [2.05, 4.69) is 4.98 Å². The average molecular weight is 318 g/mol. The van der Waals surface area contributed by atoms with E-state index < -0.39 is 0 Å². The maximum atomic E-state index is 12.6. The van der Waals surface area contributed by atoms with Gasteiger partial charge in [0.25, 0.3) is 5.91 Å². The number of carbonyl (C=O) groups is 1. The number of amides is 1. The molecule has 1 aromatic heterocycles. The lowest BCUT2D eigenvalue weighted by Crippen LogP contribution is -2.31. The van der Waals surface area contributed by atoms with Gasteiger partial charge in [-0.25, -0.2) is 0 Å². The average Bonchev–Trinajstić information content (AvgIpc) is 3.00. The molecule has 0 fully saturated rings. The summed E-state index contributed by atoms with van der Waals surface area (Å²) in [7, 11) is 0. The Hall–Kier alpha value is -2.29. The van der Waals surface area contributed by atoms with Crippen molar-refractivity contribution >= 4 is 17.5 Å². The molecule has 0 aliphatic rings. The van der Waals surface area contributed by atoms with E-state index in [0.29, 0.717) is 35.8 Å². The number of hydrogen-bond donors (Lipinski definition) is 2. The largest absolute Gasteiger partial charge is 0.396 e. The van der Waals surface area contributed by atoms with Crippen LogP contribution < -0.4 is 0 Å². The number of hydrogen-bond acceptors (Lipinski definition) is 3. The number of nitrogens with zero attached hydrogens (tertiary/aromatic N) is 2. The molecule has 1 aromatic carbocycles. The number of aliphatic hydroxyl groups excluding tert-OH is 1. The summed E-state index contributed by atoms with van der Waals surface area (Å²) in [6.07, 6.45) is 2.01. The van der Waals surface area contributed by atoms with E-state index in [1.165, 1.54) is 12.3 Å². The minimum atomic E-state index is -0.189. The van der Waals surface area contributed by atoms with Gasteiger partial charge in [-0.3, -0.25) is 4.79 Å². The maximum absolute atomic E-state index is 12.6. The van der Waals surface area contributed by atoms with E-state index in [-0.39, 0.29) is 12.5 Å². The van der Waals surface area contributed by atoms with Gasteiger partial charge >= 0.3 is 0 Å². The first kappa shape index (κ1) is 16.1. The summed E-state index contributed by atoms with van der Waals surface area (Å²) in [5, 5.41) is 18.4. The number of aromatic nitrogens is 1. The number of H-pyrrole nitrogens is 1. The van der Waals surface area contributed by atoms with Crippen LogP contribution in [0, 0.1) is 11.3 Å². The Balaban J connectivity index is 2.17. The quantitative estimate of drug-likeness (QED) is 0.859. The van der Waals surface area contributed by atoms with Crippen LogP contribution >= 0.6 is 11.6 Å². The van der Waals surface area contributed by atoms with Gasteiger partial charge in [0.2, 0.25) is 0 Å². The third kappa shape index (κ3) is 4.10. The van der Waals surface area contributed by atoms with E-state index in [0.717, 1.165) is 5.56 Å². The molecule has 0 bridgehead atoms. The molecule has 0 radical (unpaired) electrons. The van der Waals surface area contributed by atoms with Crippen LogP contribution in [0.5, 0.6) is 0 Å². The zero-order valence-corrected chi connectivity index (χ0v) is 12.7. The Morgan fingerprint density at radius 2 is 2.23 bits per heavy atom. The Morgan fingerprint density at radius 1 is 1.41 bits per heavy atom. The van der Waals surface area contributed by atoms with Gasteiger partial charge in [0.1, 0.15) is 11.8 Å². The van der Waals surface area contributed by atoms with E-state index >= 15 is 0 Å². The zero-order valence-electron chi connectivity index (χ0n) is 11.9. The summed E-state index contributed by atoms with van der Waals surface area (Å²) in [5.41, 5.74) is 1.68. The SMILES string of the molecule is N#Cc1cc(C(=O)N(CCCO)Cc2cccc(Cl)c2)c[nH]1. The molecule has 6 heteroatoms. The van der Waals surface area contributed by atoms with E-state index in [4.69, 9.17) is 22.0 Å². The number of aliphatic hydroxyl groups is 1. The van der Waals surface area contributed by atoms with E-state index in [9.17, 15) is 4.79 Å². The Kier molecular flexibility index (Phi) is 5.59. The summed E-state index contributed by atoms with van der Waals surface area (Å²) in [4.78, 5) is 16.9. The molecular weight excluding hydrogens is 302 g/mol. The second-order valence-electron chi connectivity index (χ2n) is 4.85. The minimum Gasteiger partial charge on any atom is -0.396 e. The van der Waals surface area contributed by atoms with Crippen molar-refractivity contribution in [1.29, 1.82) is 5.26 Å². The van der Waals surface area contributed by atoms with Crippen molar-refractivity contribution in [3.8, 4) is 6.07 Å². The molecule has 114 valence electrons. The third-order valence-corrected chi connectivity index (χ3v) is 3.42. The molecule has 0 saturated heterocycles. The fourth-order valence-corrected chi connectivity index (χ4v) is 2.35. The van der Waals surface area contributed by atoms with Gasteiger partial charge in [0.05, 0.1) is 5.56 Å². The van der Waals surface area contributed by atoms with Gasteiger partial charge in [-0.2, -0.15) is 5.26 Å². The van der Waals surface area contributed by atoms with Crippen molar-refractivity contribution in [2.75, 3.05) is 13.2 Å². The van der Waals surface area contributed by atoms with Gasteiger partial charge in [0.15, 0.2) is 0 Å². The molecule has 5 nitrogen and oxygen atoms in total. The molecule has 1 amide bonds. The van der Waals surface area contributed by atoms with Crippen LogP contribution in [0.25, 0.3) is 0 Å². The molecule has 2 rings (SSSR count). The molecule has 2 N–H and O–H groups in total. The predicted molar refractivity (Wildman–Crippen MR) is 83.4 cm³/mol. The van der Waals surface area contributed by atoms with Gasteiger partial charge in [0, 0.05) is 30.9 Å². The molecule has 0 unspecified atom stereocenters. The predicted octanol–water partition coefficient (Wildman–Crippen LogP) is 2.56. The summed E-state index contributed by atoms with van der Waals surface area (Å²) >= 11 is 5.97. The molecule has 0 saturated carbocycles. The van der Waals surface area contributed by atoms with Gasteiger partial charge in [-0.1, -0.05) is 23.7 Å². The highest BCUT2D eigenvalue weighted by Crippen LogP contribution is 2.15. The normalized spacial score (nSPS) is 10.2. The monoisotopic (exact) mass is 317 g/mol. The van der Waals surface area contributed by atoms with Gasteiger partial charge < -0.3 is 15.0 Å². The summed E-state index contributed by atoms with van der Waals surface area (Å²) in [6.45, 7) is 0.831. The summed E-state index contributed by atoms with van der Waals surface area (Å²) in [6, 6.07) is 10.8. The lowest BCUT2D eigenvalue weighted by atomic mass is 10.2. The number of nitrogens with one attached hydrogen (secondary N) is 1. The van der Waals surface area contributed by atoms with Crippen molar-refractivity contribution in [2.45, 2.75) is 13.0 Å². The van der Waals surface area contributed by atoms with Gasteiger partial charge in [-0.15, -0.1) is 0 Å². The second-order valence-corrected chi connectivity index (χ2v) is 5.28. The number of benzene rings is 1. The van der Waals surface area contributed by atoms with Crippen LogP contribution in [0.15, 0.2) is 36.5 Å². The topological polar surface area (TPSA) is 80.1 Å². The zero-order chi connectivity index (χ0) is 15.9. The highest BCUT2D eigenvalue weighted by atomic mass is 35.5. The first-order chi connectivity index (χ1) is 10.6. The van der Waals surface area contributed by atoms with Crippen molar-refractivity contribution < 1.29 is 9.90 Å². The minimum absolute atomic E-state index is 0.00983. The molecule has 22 heavy (non-hydrogen) atoms. The molecule has 0 spiro atoms. The van der Waals surface area contributed by atoms with Crippen molar-refractivity contribution in [3.63, 3.8) is 0 Å². The molecule has 2 aromatic rings. The van der Waals surface area contributed by atoms with Gasteiger partial charge in [-0.05, 0) is 30.2 Å². The maximum Gasteiger partial charge on any atom is 0.255 e. The first-order valence-corrected chi connectivity index (χ1v) is 7.25. The molecule has 0 aliphatic heterocycles. The summed E-state index contributed by atoms with van der Waals surface area (Å²) < 4.78 is 0. The lowest BCUT2D eigenvalue weighted by Gasteiger charge is -2.22. The fraction of sp³-hybridized carbons (Fsp3) is 0.250. The molecule has 0 atom stereocenters. The van der Waals surface area contributed by atoms with E-state index in [1.54, 1.807) is 17.0 Å². The molecular formula is C16H16ClN3O2. The lowest BCUT2D eigenvalue weighted by molar-refractivity contribution is 0.0732. The number of aromatic amines is 1. The molecule has 0 aliphatic carbocycles. The van der Waals surface area contributed by atoms with Crippen LogP contribution in [0.2, 0.25) is 5.02 Å². The van der Waals surface area contributed by atoms with Crippen LogP contribution in [0.4, 0.5) is 0 Å². The van der Waals surface area contributed by atoms with Crippen LogP contribution in [0.1, 0.15) is 28.0 Å².